The van der Waals surface area contributed by atoms with Crippen LogP contribution >= 0.6 is 22.9 Å². The Bertz CT molecular complexity index is 928. The van der Waals surface area contributed by atoms with Crippen LogP contribution in [0.3, 0.4) is 0 Å². The van der Waals surface area contributed by atoms with Crippen molar-refractivity contribution in [3.05, 3.63) is 51.5 Å². The normalized spacial score (nSPS) is 14.6. The summed E-state index contributed by atoms with van der Waals surface area (Å²) in [6.07, 6.45) is 0. The topological polar surface area (TPSA) is 59.0 Å². The van der Waals surface area contributed by atoms with Crippen molar-refractivity contribution in [2.24, 2.45) is 5.92 Å². The van der Waals surface area contributed by atoms with Gasteiger partial charge >= 0.3 is 0 Å². The average Bonchev–Trinajstić information content (AvgIpc) is 3.10. The Kier molecular flexibility index (Phi) is 4.50. The summed E-state index contributed by atoms with van der Waals surface area (Å²) in [4.78, 5) is 14.2. The maximum Gasteiger partial charge on any atom is 0.261 e. The summed E-state index contributed by atoms with van der Waals surface area (Å²) < 4.78 is 1.93. The molecule has 5 nitrogen and oxygen atoms in total. The molecule has 1 aliphatic rings. The number of nitrogens with zero attached hydrogens (tertiary/aromatic N) is 2. The molecule has 0 unspecified atom stereocenters. The third kappa shape index (κ3) is 3.29. The molecule has 3 aromatic rings. The summed E-state index contributed by atoms with van der Waals surface area (Å²) in [5, 5.41) is 12.6. The van der Waals surface area contributed by atoms with Crippen molar-refractivity contribution >= 4 is 39.1 Å². The van der Waals surface area contributed by atoms with Crippen molar-refractivity contribution in [3.8, 4) is 0 Å². The second-order valence-corrected chi connectivity index (χ2v) is 7.84. The fourth-order valence-corrected chi connectivity index (χ4v) is 4.21. The molecule has 130 valence electrons. The zero-order valence-electron chi connectivity index (χ0n) is 13.9. The van der Waals surface area contributed by atoms with E-state index in [1.165, 1.54) is 11.3 Å². The zero-order valence-corrected chi connectivity index (χ0v) is 15.5. The van der Waals surface area contributed by atoms with Crippen LogP contribution in [0.5, 0.6) is 0 Å². The highest BCUT2D eigenvalue weighted by molar-refractivity contribution is 7.20. The molecule has 0 spiro atoms. The van der Waals surface area contributed by atoms with Crippen molar-refractivity contribution in [2.75, 3.05) is 19.6 Å². The number of nitrogens with one attached hydrogen (secondary N) is 2. The zero-order chi connectivity index (χ0) is 17.4. The number of aromatic nitrogens is 2. The van der Waals surface area contributed by atoms with Gasteiger partial charge in [0, 0.05) is 36.0 Å². The third-order valence-corrected chi connectivity index (χ3v) is 6.04. The van der Waals surface area contributed by atoms with Crippen molar-refractivity contribution in [2.45, 2.75) is 13.5 Å². The van der Waals surface area contributed by atoms with Crippen LogP contribution < -0.4 is 10.6 Å². The van der Waals surface area contributed by atoms with Gasteiger partial charge < -0.3 is 10.6 Å². The van der Waals surface area contributed by atoms with Gasteiger partial charge in [0.2, 0.25) is 0 Å². The molecule has 1 aromatic carbocycles. The summed E-state index contributed by atoms with van der Waals surface area (Å²) in [5.74, 6) is 0.549. The molecule has 0 atom stereocenters. The van der Waals surface area contributed by atoms with Gasteiger partial charge in [0.1, 0.15) is 4.83 Å². The maximum absolute atomic E-state index is 12.4. The monoisotopic (exact) mass is 374 g/mol. The van der Waals surface area contributed by atoms with Gasteiger partial charge in [-0.2, -0.15) is 5.10 Å². The lowest BCUT2D eigenvalue weighted by Gasteiger charge is -2.26. The first-order chi connectivity index (χ1) is 12.1. The fourth-order valence-electron chi connectivity index (χ4n) is 2.94. The SMILES string of the molecule is Cc1nn(Cc2ccccc2Cl)c2sc(C(=O)NCC3CNC3)cc12. The number of benzene rings is 1. The molecule has 2 aromatic heterocycles. The number of fused-ring (bicyclic) bond motifs is 1. The van der Waals surface area contributed by atoms with Gasteiger partial charge in [0.15, 0.2) is 0 Å². The summed E-state index contributed by atoms with van der Waals surface area (Å²) in [5.41, 5.74) is 1.95. The summed E-state index contributed by atoms with van der Waals surface area (Å²) in [7, 11) is 0. The van der Waals surface area contributed by atoms with Crippen LogP contribution in [0.4, 0.5) is 0 Å². The molecule has 1 aliphatic heterocycles. The molecular formula is C18H19ClN4OS. The number of carbonyl (C=O) groups excluding carboxylic acids is 1. The van der Waals surface area contributed by atoms with Gasteiger partial charge in [-0.25, -0.2) is 0 Å². The van der Waals surface area contributed by atoms with E-state index >= 15 is 0 Å². The first kappa shape index (κ1) is 16.6. The fraction of sp³-hybridized carbons (Fsp3) is 0.333. The van der Waals surface area contributed by atoms with E-state index in [0.717, 1.165) is 51.0 Å². The summed E-state index contributed by atoms with van der Waals surface area (Å²) in [6.45, 7) is 5.27. The lowest BCUT2D eigenvalue weighted by atomic mass is 10.0. The van der Waals surface area contributed by atoms with Crippen molar-refractivity contribution in [1.82, 2.24) is 20.4 Å². The Labute approximate surface area is 155 Å². The number of carbonyl (C=O) groups is 1. The lowest BCUT2D eigenvalue weighted by molar-refractivity contribution is 0.0946. The highest BCUT2D eigenvalue weighted by Crippen LogP contribution is 2.29. The van der Waals surface area contributed by atoms with Crippen LogP contribution in [-0.2, 0) is 6.54 Å². The summed E-state index contributed by atoms with van der Waals surface area (Å²) >= 11 is 7.76. The second kappa shape index (κ2) is 6.78. The second-order valence-electron chi connectivity index (χ2n) is 6.40. The Morgan fingerprint density at radius 2 is 2.24 bits per heavy atom. The highest BCUT2D eigenvalue weighted by Gasteiger charge is 2.20. The van der Waals surface area contributed by atoms with Crippen LogP contribution in [0, 0.1) is 12.8 Å². The Hall–Kier alpha value is -1.89. The van der Waals surface area contributed by atoms with E-state index < -0.39 is 0 Å². The van der Waals surface area contributed by atoms with Crippen molar-refractivity contribution < 1.29 is 4.79 Å². The van der Waals surface area contributed by atoms with E-state index in [-0.39, 0.29) is 5.91 Å². The number of rotatable bonds is 5. The van der Waals surface area contributed by atoms with Crippen molar-refractivity contribution in [1.29, 1.82) is 0 Å². The Morgan fingerprint density at radius 1 is 1.44 bits per heavy atom. The number of hydrogen-bond acceptors (Lipinski definition) is 4. The number of thiophene rings is 1. The van der Waals surface area contributed by atoms with E-state index in [0.29, 0.717) is 12.5 Å². The molecular weight excluding hydrogens is 356 g/mol. The summed E-state index contributed by atoms with van der Waals surface area (Å²) in [6, 6.07) is 9.71. The van der Waals surface area contributed by atoms with Gasteiger partial charge in [-0.1, -0.05) is 29.8 Å². The standard InChI is InChI=1S/C18H19ClN4OS/c1-11-14-6-16(17(24)21-9-12-7-20-8-12)25-18(14)23(22-11)10-13-4-2-3-5-15(13)19/h2-6,12,20H,7-10H2,1H3,(H,21,24). The Morgan fingerprint density at radius 3 is 2.96 bits per heavy atom. The van der Waals surface area contributed by atoms with Crippen LogP contribution in [0.15, 0.2) is 30.3 Å². The smallest absolute Gasteiger partial charge is 0.261 e. The lowest BCUT2D eigenvalue weighted by Crippen LogP contribution is -2.48. The molecule has 0 bridgehead atoms. The number of halogens is 1. The average molecular weight is 375 g/mol. The van der Waals surface area contributed by atoms with Gasteiger partial charge in [-0.05, 0) is 24.6 Å². The molecule has 3 heterocycles. The molecule has 7 heteroatoms. The first-order valence-corrected chi connectivity index (χ1v) is 9.50. The predicted octanol–water partition coefficient (Wildman–Crippen LogP) is 3.06. The molecule has 1 fully saturated rings. The van der Waals surface area contributed by atoms with Crippen molar-refractivity contribution in [3.63, 3.8) is 0 Å². The minimum Gasteiger partial charge on any atom is -0.351 e. The molecule has 25 heavy (non-hydrogen) atoms. The predicted molar refractivity (Wildman–Crippen MR) is 102 cm³/mol. The van der Waals surface area contributed by atoms with Crippen LogP contribution in [0.1, 0.15) is 20.9 Å². The van der Waals surface area contributed by atoms with E-state index in [9.17, 15) is 4.79 Å². The molecule has 0 aliphatic carbocycles. The van der Waals surface area contributed by atoms with E-state index in [1.807, 2.05) is 41.9 Å². The first-order valence-electron chi connectivity index (χ1n) is 8.31. The van der Waals surface area contributed by atoms with E-state index in [4.69, 9.17) is 11.6 Å². The van der Waals surface area contributed by atoms with Crippen LogP contribution in [0.2, 0.25) is 5.02 Å². The van der Waals surface area contributed by atoms with Gasteiger partial charge in [-0.15, -0.1) is 11.3 Å². The third-order valence-electron chi connectivity index (χ3n) is 4.53. The van der Waals surface area contributed by atoms with Crippen LogP contribution in [-0.4, -0.2) is 35.3 Å². The number of amides is 1. The molecule has 0 saturated carbocycles. The minimum atomic E-state index is -0.00297. The molecule has 4 rings (SSSR count). The van der Waals surface area contributed by atoms with E-state index in [2.05, 4.69) is 15.7 Å². The minimum absolute atomic E-state index is 0.00297. The quantitative estimate of drug-likeness (QED) is 0.721. The molecule has 0 radical (unpaired) electrons. The maximum atomic E-state index is 12.4. The van der Waals surface area contributed by atoms with Gasteiger partial charge in [0.25, 0.3) is 5.91 Å². The van der Waals surface area contributed by atoms with Gasteiger partial charge in [0.05, 0.1) is 17.1 Å². The highest BCUT2D eigenvalue weighted by atomic mass is 35.5. The van der Waals surface area contributed by atoms with E-state index in [1.54, 1.807) is 0 Å². The van der Waals surface area contributed by atoms with Crippen LogP contribution in [0.25, 0.3) is 10.2 Å². The Balaban J connectivity index is 1.57. The molecule has 1 amide bonds. The number of hydrogen-bond donors (Lipinski definition) is 2. The molecule has 1 saturated heterocycles. The largest absolute Gasteiger partial charge is 0.351 e. The van der Waals surface area contributed by atoms with Gasteiger partial charge in [-0.3, -0.25) is 9.48 Å². The molecule has 2 N–H and O–H groups in total. The number of aryl methyl sites for hydroxylation is 1.